The summed E-state index contributed by atoms with van der Waals surface area (Å²) in [4.78, 5) is 0. The van der Waals surface area contributed by atoms with E-state index < -0.39 is 0 Å². The fourth-order valence-corrected chi connectivity index (χ4v) is 3.14. The Morgan fingerprint density at radius 3 is 2.48 bits per heavy atom. The van der Waals surface area contributed by atoms with Crippen molar-refractivity contribution in [3.8, 4) is 0 Å². The number of halogens is 3. The Kier molecular flexibility index (Phi) is 5.95. The fourth-order valence-electron chi connectivity index (χ4n) is 2.38. The van der Waals surface area contributed by atoms with Crippen LogP contribution in [0, 0.1) is 6.92 Å². The van der Waals surface area contributed by atoms with Crippen LogP contribution in [0.2, 0.25) is 15.1 Å². The Labute approximate surface area is 141 Å². The molecule has 1 atom stereocenters. The maximum atomic E-state index is 6.40. The van der Waals surface area contributed by atoms with E-state index in [2.05, 4.69) is 24.4 Å². The van der Waals surface area contributed by atoms with Gasteiger partial charge in [0.1, 0.15) is 0 Å². The highest BCUT2D eigenvalue weighted by Crippen LogP contribution is 2.31. The molecule has 112 valence electrons. The average Bonchev–Trinajstić information content (AvgIpc) is 2.43. The average molecular weight is 343 g/mol. The Balaban J connectivity index is 2.33. The highest BCUT2D eigenvalue weighted by molar-refractivity contribution is 6.42. The molecule has 0 amide bonds. The maximum absolute atomic E-state index is 6.40. The molecule has 21 heavy (non-hydrogen) atoms. The molecule has 2 aromatic carbocycles. The number of likely N-dealkylation sites (N-methyl/N-ethyl adjacent to an activating group) is 1. The minimum atomic E-state index is 0.110. The van der Waals surface area contributed by atoms with E-state index in [0.717, 1.165) is 34.7 Å². The van der Waals surface area contributed by atoms with Crippen LogP contribution in [-0.2, 0) is 6.42 Å². The molecule has 0 aromatic heterocycles. The van der Waals surface area contributed by atoms with Gasteiger partial charge in [0, 0.05) is 11.1 Å². The van der Waals surface area contributed by atoms with Crippen LogP contribution in [-0.4, -0.2) is 6.54 Å². The molecule has 0 aliphatic heterocycles. The normalized spacial score (nSPS) is 12.4. The molecule has 0 fully saturated rings. The summed E-state index contributed by atoms with van der Waals surface area (Å²) in [6.45, 7) is 4.97. The van der Waals surface area contributed by atoms with Crippen molar-refractivity contribution in [1.29, 1.82) is 0 Å². The van der Waals surface area contributed by atoms with Gasteiger partial charge in [-0.05, 0) is 48.7 Å². The van der Waals surface area contributed by atoms with Crippen molar-refractivity contribution in [3.05, 3.63) is 68.2 Å². The van der Waals surface area contributed by atoms with Crippen molar-refractivity contribution in [3.63, 3.8) is 0 Å². The second kappa shape index (κ2) is 7.51. The summed E-state index contributed by atoms with van der Waals surface area (Å²) in [5.74, 6) is 0. The van der Waals surface area contributed by atoms with Crippen molar-refractivity contribution < 1.29 is 0 Å². The Morgan fingerprint density at radius 1 is 1.05 bits per heavy atom. The second-order valence-corrected chi connectivity index (χ2v) is 6.24. The number of hydrogen-bond acceptors (Lipinski definition) is 1. The minimum Gasteiger partial charge on any atom is -0.310 e. The molecule has 0 radical (unpaired) electrons. The van der Waals surface area contributed by atoms with Gasteiger partial charge in [-0.25, -0.2) is 0 Å². The largest absolute Gasteiger partial charge is 0.310 e. The van der Waals surface area contributed by atoms with Crippen molar-refractivity contribution in [2.24, 2.45) is 0 Å². The van der Waals surface area contributed by atoms with Crippen LogP contribution < -0.4 is 5.32 Å². The lowest BCUT2D eigenvalue weighted by Gasteiger charge is -2.21. The zero-order chi connectivity index (χ0) is 15.4. The maximum Gasteiger partial charge on any atom is 0.0624 e. The van der Waals surface area contributed by atoms with Crippen LogP contribution in [0.3, 0.4) is 0 Å². The molecule has 1 unspecified atom stereocenters. The molecule has 0 spiro atoms. The third-order valence-electron chi connectivity index (χ3n) is 3.44. The summed E-state index contributed by atoms with van der Waals surface area (Å²) < 4.78 is 0. The van der Waals surface area contributed by atoms with E-state index in [1.165, 1.54) is 0 Å². The summed E-state index contributed by atoms with van der Waals surface area (Å²) in [7, 11) is 0. The first kappa shape index (κ1) is 16.6. The van der Waals surface area contributed by atoms with Gasteiger partial charge < -0.3 is 5.32 Å². The number of nitrogens with one attached hydrogen (secondary N) is 1. The summed E-state index contributed by atoms with van der Waals surface area (Å²) >= 11 is 18.8. The van der Waals surface area contributed by atoms with E-state index in [9.17, 15) is 0 Å². The first-order valence-electron chi connectivity index (χ1n) is 6.95. The summed E-state index contributed by atoms with van der Waals surface area (Å²) in [5, 5.41) is 5.44. The lowest BCUT2D eigenvalue weighted by atomic mass is 9.97. The molecule has 0 aliphatic carbocycles. The molecular formula is C17H18Cl3N. The van der Waals surface area contributed by atoms with Crippen LogP contribution in [0.4, 0.5) is 0 Å². The van der Waals surface area contributed by atoms with Gasteiger partial charge in [0.2, 0.25) is 0 Å². The SMILES string of the molecule is CCNC(Cc1cccc(Cl)c1Cl)c1ccc(C)cc1Cl. The van der Waals surface area contributed by atoms with Crippen LogP contribution in [0.5, 0.6) is 0 Å². The number of benzene rings is 2. The molecule has 0 saturated carbocycles. The molecule has 1 N–H and O–H groups in total. The second-order valence-electron chi connectivity index (χ2n) is 5.05. The summed E-state index contributed by atoms with van der Waals surface area (Å²) in [5.41, 5.74) is 3.26. The van der Waals surface area contributed by atoms with Crippen LogP contribution >= 0.6 is 34.8 Å². The molecule has 1 nitrogen and oxygen atoms in total. The monoisotopic (exact) mass is 341 g/mol. The van der Waals surface area contributed by atoms with Gasteiger partial charge in [-0.3, -0.25) is 0 Å². The zero-order valence-electron chi connectivity index (χ0n) is 12.1. The number of aryl methyl sites for hydroxylation is 1. The van der Waals surface area contributed by atoms with E-state index in [-0.39, 0.29) is 6.04 Å². The van der Waals surface area contributed by atoms with Gasteiger partial charge in [-0.1, -0.05) is 66.0 Å². The van der Waals surface area contributed by atoms with E-state index in [1.807, 2.05) is 25.1 Å². The molecule has 4 heteroatoms. The number of hydrogen-bond donors (Lipinski definition) is 1. The molecule has 0 bridgehead atoms. The molecular weight excluding hydrogens is 325 g/mol. The molecule has 0 aliphatic rings. The molecule has 0 heterocycles. The highest BCUT2D eigenvalue weighted by Gasteiger charge is 2.16. The van der Waals surface area contributed by atoms with E-state index in [0.29, 0.717) is 10.0 Å². The van der Waals surface area contributed by atoms with Gasteiger partial charge in [-0.2, -0.15) is 0 Å². The first-order valence-corrected chi connectivity index (χ1v) is 8.08. The van der Waals surface area contributed by atoms with Crippen molar-refractivity contribution >= 4 is 34.8 Å². The predicted molar refractivity (Wildman–Crippen MR) is 92.8 cm³/mol. The van der Waals surface area contributed by atoms with Crippen molar-refractivity contribution in [2.45, 2.75) is 26.3 Å². The van der Waals surface area contributed by atoms with Crippen LogP contribution in [0.15, 0.2) is 36.4 Å². The van der Waals surface area contributed by atoms with Gasteiger partial charge in [0.05, 0.1) is 10.0 Å². The Morgan fingerprint density at radius 2 is 1.81 bits per heavy atom. The predicted octanol–water partition coefficient (Wildman–Crippen LogP) is 5.85. The Bertz CT molecular complexity index is 625. The molecule has 2 rings (SSSR count). The van der Waals surface area contributed by atoms with Crippen molar-refractivity contribution in [2.75, 3.05) is 6.54 Å². The third-order valence-corrected chi connectivity index (χ3v) is 4.62. The van der Waals surface area contributed by atoms with Crippen LogP contribution in [0.25, 0.3) is 0 Å². The lowest BCUT2D eigenvalue weighted by Crippen LogP contribution is -2.23. The number of rotatable bonds is 5. The summed E-state index contributed by atoms with van der Waals surface area (Å²) in [6, 6.07) is 12.0. The molecule has 0 saturated heterocycles. The fraction of sp³-hybridized carbons (Fsp3) is 0.294. The lowest BCUT2D eigenvalue weighted by molar-refractivity contribution is 0.550. The zero-order valence-corrected chi connectivity index (χ0v) is 14.4. The van der Waals surface area contributed by atoms with E-state index >= 15 is 0 Å². The van der Waals surface area contributed by atoms with Gasteiger partial charge in [0.15, 0.2) is 0 Å². The quantitative estimate of drug-likeness (QED) is 0.719. The van der Waals surface area contributed by atoms with E-state index in [1.54, 1.807) is 6.07 Å². The standard InChI is InChI=1S/C17H18Cl3N/c1-3-21-16(13-8-7-11(2)9-15(13)19)10-12-5-4-6-14(18)17(12)20/h4-9,16,21H,3,10H2,1-2H3. The first-order chi connectivity index (χ1) is 10.0. The van der Waals surface area contributed by atoms with Gasteiger partial charge in [-0.15, -0.1) is 0 Å². The third kappa shape index (κ3) is 4.14. The Hall–Kier alpha value is -0.730. The van der Waals surface area contributed by atoms with Gasteiger partial charge >= 0.3 is 0 Å². The molecule has 2 aromatic rings. The summed E-state index contributed by atoms with van der Waals surface area (Å²) in [6.07, 6.45) is 0.746. The minimum absolute atomic E-state index is 0.110. The van der Waals surface area contributed by atoms with Crippen LogP contribution in [0.1, 0.15) is 29.7 Å². The smallest absolute Gasteiger partial charge is 0.0624 e. The highest BCUT2D eigenvalue weighted by atomic mass is 35.5. The van der Waals surface area contributed by atoms with Gasteiger partial charge in [0.25, 0.3) is 0 Å². The topological polar surface area (TPSA) is 12.0 Å². The van der Waals surface area contributed by atoms with E-state index in [4.69, 9.17) is 34.8 Å². The van der Waals surface area contributed by atoms with Crippen molar-refractivity contribution in [1.82, 2.24) is 5.32 Å².